The first-order chi connectivity index (χ1) is 11.0. The van der Waals surface area contributed by atoms with Crippen LogP contribution < -0.4 is 5.32 Å². The van der Waals surface area contributed by atoms with Crippen molar-refractivity contribution in [3.8, 4) is 11.4 Å². The molecule has 0 saturated carbocycles. The van der Waals surface area contributed by atoms with Gasteiger partial charge in [0, 0.05) is 15.8 Å². The van der Waals surface area contributed by atoms with Gasteiger partial charge < -0.3 is 14.3 Å². The van der Waals surface area contributed by atoms with Gasteiger partial charge in [0.1, 0.15) is 6.26 Å². The minimum Gasteiger partial charge on any atom is -0.472 e. The Morgan fingerprint density at radius 1 is 1.30 bits per heavy atom. The molecule has 0 fully saturated rings. The van der Waals surface area contributed by atoms with Crippen LogP contribution in [-0.2, 0) is 6.54 Å². The molecule has 1 atom stereocenters. The van der Waals surface area contributed by atoms with Gasteiger partial charge in [-0.3, -0.25) is 0 Å². The van der Waals surface area contributed by atoms with Crippen molar-refractivity contribution in [3.63, 3.8) is 0 Å². The molecule has 0 aliphatic carbocycles. The lowest BCUT2D eigenvalue weighted by molar-refractivity contribution is 0.337. The van der Waals surface area contributed by atoms with E-state index in [0.29, 0.717) is 24.2 Å². The minimum atomic E-state index is 0.268. The van der Waals surface area contributed by atoms with Gasteiger partial charge in [0.15, 0.2) is 0 Å². The highest BCUT2D eigenvalue weighted by Crippen LogP contribution is 2.31. The number of hydrogen-bond donors (Lipinski definition) is 1. The first-order valence-electron chi connectivity index (χ1n) is 7.70. The third-order valence-corrected chi connectivity index (χ3v) is 4.78. The van der Waals surface area contributed by atoms with Crippen LogP contribution >= 0.6 is 11.3 Å². The summed E-state index contributed by atoms with van der Waals surface area (Å²) in [6.45, 7) is 9.30. The Labute approximate surface area is 139 Å². The standard InChI is InChI=1S/C17H21N3O2S/c1-10(2)16(14-7-11(3)23-12(14)4)18-8-15-19-17(20-22-15)13-5-6-21-9-13/h5-7,9-10,16,18H,8H2,1-4H3/t16-/m0/s1. The Kier molecular flexibility index (Phi) is 4.63. The predicted octanol–water partition coefficient (Wildman–Crippen LogP) is 4.49. The zero-order chi connectivity index (χ0) is 16.4. The molecule has 3 heterocycles. The molecular weight excluding hydrogens is 310 g/mol. The Balaban J connectivity index is 1.71. The maximum Gasteiger partial charge on any atom is 0.240 e. The van der Waals surface area contributed by atoms with E-state index in [1.165, 1.54) is 15.3 Å². The average molecular weight is 331 g/mol. The van der Waals surface area contributed by atoms with Crippen molar-refractivity contribution in [2.75, 3.05) is 0 Å². The van der Waals surface area contributed by atoms with E-state index in [2.05, 4.69) is 49.2 Å². The van der Waals surface area contributed by atoms with Crippen LogP contribution in [0.3, 0.4) is 0 Å². The van der Waals surface area contributed by atoms with Crippen molar-refractivity contribution in [2.24, 2.45) is 5.92 Å². The fraction of sp³-hybridized carbons (Fsp3) is 0.412. The van der Waals surface area contributed by atoms with Crippen LogP contribution in [0.1, 0.15) is 41.1 Å². The van der Waals surface area contributed by atoms with Crippen LogP contribution in [0.25, 0.3) is 11.4 Å². The molecule has 3 rings (SSSR count). The van der Waals surface area contributed by atoms with Gasteiger partial charge in [0.25, 0.3) is 0 Å². The second kappa shape index (κ2) is 6.68. The smallest absolute Gasteiger partial charge is 0.240 e. The molecular formula is C17H21N3O2S. The monoisotopic (exact) mass is 331 g/mol. The summed E-state index contributed by atoms with van der Waals surface area (Å²) in [5.41, 5.74) is 2.18. The average Bonchev–Trinajstić information content (AvgIpc) is 3.20. The molecule has 0 amide bonds. The zero-order valence-electron chi connectivity index (χ0n) is 13.8. The fourth-order valence-electron chi connectivity index (χ4n) is 2.70. The summed E-state index contributed by atoms with van der Waals surface area (Å²) in [5, 5.41) is 7.54. The third kappa shape index (κ3) is 3.54. The van der Waals surface area contributed by atoms with E-state index in [1.54, 1.807) is 12.5 Å². The molecule has 0 saturated heterocycles. The lowest BCUT2D eigenvalue weighted by Gasteiger charge is -2.22. The summed E-state index contributed by atoms with van der Waals surface area (Å²) in [5.74, 6) is 1.61. The molecule has 3 aromatic heterocycles. The van der Waals surface area contributed by atoms with Crippen LogP contribution in [-0.4, -0.2) is 10.1 Å². The van der Waals surface area contributed by atoms with Gasteiger partial charge in [-0.25, -0.2) is 0 Å². The molecule has 122 valence electrons. The molecule has 6 heteroatoms. The summed E-state index contributed by atoms with van der Waals surface area (Å²) in [6.07, 6.45) is 3.20. The second-order valence-electron chi connectivity index (χ2n) is 5.99. The lowest BCUT2D eigenvalue weighted by Crippen LogP contribution is -2.25. The number of hydrogen-bond acceptors (Lipinski definition) is 6. The summed E-state index contributed by atoms with van der Waals surface area (Å²) >= 11 is 1.84. The molecule has 0 aliphatic heterocycles. The molecule has 23 heavy (non-hydrogen) atoms. The number of nitrogens with zero attached hydrogens (tertiary/aromatic N) is 2. The SMILES string of the molecule is Cc1cc([C@@H](NCc2nc(-c3ccoc3)no2)C(C)C)c(C)s1. The number of aromatic nitrogens is 2. The number of rotatable bonds is 6. The maximum absolute atomic E-state index is 5.33. The van der Waals surface area contributed by atoms with E-state index in [4.69, 9.17) is 8.94 Å². The van der Waals surface area contributed by atoms with Crippen molar-refractivity contribution < 1.29 is 8.94 Å². The van der Waals surface area contributed by atoms with E-state index in [9.17, 15) is 0 Å². The quantitative estimate of drug-likeness (QED) is 0.720. The minimum absolute atomic E-state index is 0.268. The Morgan fingerprint density at radius 3 is 2.74 bits per heavy atom. The lowest BCUT2D eigenvalue weighted by atomic mass is 9.96. The van der Waals surface area contributed by atoms with Crippen LogP contribution in [0, 0.1) is 19.8 Å². The largest absolute Gasteiger partial charge is 0.472 e. The van der Waals surface area contributed by atoms with Crippen molar-refractivity contribution in [1.29, 1.82) is 0 Å². The Morgan fingerprint density at radius 2 is 2.13 bits per heavy atom. The maximum atomic E-state index is 5.33. The Bertz CT molecular complexity index is 759. The van der Waals surface area contributed by atoms with Gasteiger partial charge in [-0.2, -0.15) is 4.98 Å². The summed E-state index contributed by atoms with van der Waals surface area (Å²) < 4.78 is 10.4. The molecule has 5 nitrogen and oxygen atoms in total. The molecule has 0 spiro atoms. The van der Waals surface area contributed by atoms with E-state index in [-0.39, 0.29) is 6.04 Å². The highest BCUT2D eigenvalue weighted by molar-refractivity contribution is 7.12. The van der Waals surface area contributed by atoms with Gasteiger partial charge in [0.05, 0.1) is 18.4 Å². The molecule has 3 aromatic rings. The van der Waals surface area contributed by atoms with E-state index in [0.717, 1.165) is 5.56 Å². The van der Waals surface area contributed by atoms with Crippen LogP contribution in [0.2, 0.25) is 0 Å². The summed E-state index contributed by atoms with van der Waals surface area (Å²) in [6, 6.07) is 4.35. The Hall–Kier alpha value is -1.92. The van der Waals surface area contributed by atoms with Crippen molar-refractivity contribution in [3.05, 3.63) is 45.9 Å². The molecule has 0 radical (unpaired) electrons. The number of furan rings is 1. The summed E-state index contributed by atoms with van der Waals surface area (Å²) in [7, 11) is 0. The number of aryl methyl sites for hydroxylation is 2. The van der Waals surface area contributed by atoms with Gasteiger partial charge in [-0.05, 0) is 37.5 Å². The first-order valence-corrected chi connectivity index (χ1v) is 8.51. The highest BCUT2D eigenvalue weighted by Gasteiger charge is 2.20. The fourth-order valence-corrected chi connectivity index (χ4v) is 3.67. The number of thiophene rings is 1. The number of nitrogens with one attached hydrogen (secondary N) is 1. The van der Waals surface area contributed by atoms with Crippen LogP contribution in [0.4, 0.5) is 0 Å². The zero-order valence-corrected chi connectivity index (χ0v) is 14.6. The summed E-state index contributed by atoms with van der Waals surface area (Å²) in [4.78, 5) is 7.11. The van der Waals surface area contributed by atoms with Gasteiger partial charge in [-0.15, -0.1) is 11.3 Å². The first kappa shape index (κ1) is 16.0. The van der Waals surface area contributed by atoms with Gasteiger partial charge in [0.2, 0.25) is 11.7 Å². The third-order valence-electron chi connectivity index (χ3n) is 3.80. The van der Waals surface area contributed by atoms with Crippen LogP contribution in [0.15, 0.2) is 33.6 Å². The van der Waals surface area contributed by atoms with E-state index >= 15 is 0 Å². The van der Waals surface area contributed by atoms with Crippen LogP contribution in [0.5, 0.6) is 0 Å². The normalized spacial score (nSPS) is 12.9. The molecule has 1 N–H and O–H groups in total. The highest BCUT2D eigenvalue weighted by atomic mass is 32.1. The van der Waals surface area contributed by atoms with E-state index < -0.39 is 0 Å². The topological polar surface area (TPSA) is 64.1 Å². The predicted molar refractivity (Wildman–Crippen MR) is 90.2 cm³/mol. The van der Waals surface area contributed by atoms with Crippen molar-refractivity contribution >= 4 is 11.3 Å². The van der Waals surface area contributed by atoms with Crippen molar-refractivity contribution in [1.82, 2.24) is 15.5 Å². The van der Waals surface area contributed by atoms with Gasteiger partial charge in [-0.1, -0.05) is 19.0 Å². The van der Waals surface area contributed by atoms with Gasteiger partial charge >= 0.3 is 0 Å². The van der Waals surface area contributed by atoms with E-state index in [1.807, 2.05) is 17.4 Å². The molecule has 0 aliphatic rings. The van der Waals surface area contributed by atoms with Crippen molar-refractivity contribution in [2.45, 2.75) is 40.3 Å². The molecule has 0 bridgehead atoms. The molecule has 0 aromatic carbocycles. The molecule has 0 unspecified atom stereocenters. The second-order valence-corrected chi connectivity index (χ2v) is 7.46.